The molecule has 1 aliphatic carbocycles. The van der Waals surface area contributed by atoms with Gasteiger partial charge in [-0.1, -0.05) is 19.8 Å². The van der Waals surface area contributed by atoms with Crippen LogP contribution in [0, 0.1) is 0 Å². The Morgan fingerprint density at radius 3 is 2.65 bits per heavy atom. The van der Waals surface area contributed by atoms with E-state index in [1.54, 1.807) is 7.11 Å². The molecule has 1 rings (SSSR count). The van der Waals surface area contributed by atoms with Gasteiger partial charge in [0.15, 0.2) is 0 Å². The number of rotatable bonds is 7. The molecule has 0 saturated heterocycles. The lowest BCUT2D eigenvalue weighted by Gasteiger charge is -2.50. The molecule has 0 heterocycles. The van der Waals surface area contributed by atoms with Crippen molar-refractivity contribution in [3.8, 4) is 0 Å². The quantitative estimate of drug-likeness (QED) is 0.732. The van der Waals surface area contributed by atoms with Crippen molar-refractivity contribution in [2.75, 3.05) is 40.5 Å². The van der Waals surface area contributed by atoms with E-state index in [9.17, 15) is 0 Å². The Bertz CT molecular complexity index is 214. The van der Waals surface area contributed by atoms with Gasteiger partial charge in [-0.05, 0) is 19.4 Å². The average Bonchev–Trinajstić information content (AvgIpc) is 2.39. The van der Waals surface area contributed by atoms with Crippen LogP contribution in [0.25, 0.3) is 0 Å². The highest BCUT2D eigenvalue weighted by Crippen LogP contribution is 2.34. The number of hydrogen-bond acceptors (Lipinski definition) is 4. The molecule has 102 valence electrons. The summed E-state index contributed by atoms with van der Waals surface area (Å²) in [6.45, 7) is 5.55. The fourth-order valence-corrected chi connectivity index (χ4v) is 3.15. The molecule has 17 heavy (non-hydrogen) atoms. The van der Waals surface area contributed by atoms with Crippen molar-refractivity contribution in [2.24, 2.45) is 5.73 Å². The molecule has 0 aromatic heterocycles. The number of methoxy groups -OCH3 is 2. The van der Waals surface area contributed by atoms with Gasteiger partial charge in [0.25, 0.3) is 0 Å². The second kappa shape index (κ2) is 7.31. The monoisotopic (exact) mass is 244 g/mol. The molecular formula is C13H28N2O2. The SMILES string of the molecule is CCN(CCOC)C1(CN)CCCCC1OC. The molecule has 0 bridgehead atoms. The minimum atomic E-state index is 0.0142. The Labute approximate surface area is 105 Å². The van der Waals surface area contributed by atoms with E-state index >= 15 is 0 Å². The highest BCUT2D eigenvalue weighted by molar-refractivity contribution is 5.00. The summed E-state index contributed by atoms with van der Waals surface area (Å²) in [6.07, 6.45) is 5.03. The van der Waals surface area contributed by atoms with Crippen LogP contribution in [0.5, 0.6) is 0 Å². The zero-order valence-corrected chi connectivity index (χ0v) is 11.6. The molecular weight excluding hydrogens is 216 g/mol. The van der Waals surface area contributed by atoms with Gasteiger partial charge in [0, 0.05) is 27.3 Å². The predicted molar refractivity (Wildman–Crippen MR) is 70.2 cm³/mol. The Kier molecular flexibility index (Phi) is 6.41. The number of nitrogens with zero attached hydrogens (tertiary/aromatic N) is 1. The highest BCUT2D eigenvalue weighted by Gasteiger charge is 2.43. The average molecular weight is 244 g/mol. The summed E-state index contributed by atoms with van der Waals surface area (Å²) in [5.74, 6) is 0. The summed E-state index contributed by atoms with van der Waals surface area (Å²) in [5.41, 5.74) is 6.10. The van der Waals surface area contributed by atoms with E-state index in [0.717, 1.165) is 32.5 Å². The molecule has 2 N–H and O–H groups in total. The molecule has 0 aromatic carbocycles. The Morgan fingerprint density at radius 2 is 2.12 bits per heavy atom. The fraction of sp³-hybridized carbons (Fsp3) is 1.00. The predicted octanol–water partition coefficient (Wildman–Crippen LogP) is 1.24. The lowest BCUT2D eigenvalue weighted by atomic mass is 9.77. The van der Waals surface area contributed by atoms with Crippen molar-refractivity contribution in [2.45, 2.75) is 44.2 Å². The van der Waals surface area contributed by atoms with Gasteiger partial charge in [-0.25, -0.2) is 0 Å². The molecule has 0 amide bonds. The minimum absolute atomic E-state index is 0.0142. The summed E-state index contributed by atoms with van der Waals surface area (Å²) in [6, 6.07) is 0. The molecule has 4 heteroatoms. The number of nitrogens with two attached hydrogens (primary N) is 1. The van der Waals surface area contributed by atoms with Crippen LogP contribution in [-0.4, -0.2) is 57.0 Å². The maximum Gasteiger partial charge on any atom is 0.0767 e. The van der Waals surface area contributed by atoms with Crippen molar-refractivity contribution < 1.29 is 9.47 Å². The summed E-state index contributed by atoms with van der Waals surface area (Å²) in [7, 11) is 3.56. The molecule has 1 aliphatic rings. The Morgan fingerprint density at radius 1 is 1.35 bits per heavy atom. The summed E-state index contributed by atoms with van der Waals surface area (Å²) in [5, 5.41) is 0. The second-order valence-corrected chi connectivity index (χ2v) is 4.85. The van der Waals surface area contributed by atoms with E-state index in [-0.39, 0.29) is 11.6 Å². The van der Waals surface area contributed by atoms with Crippen molar-refractivity contribution in [1.82, 2.24) is 4.90 Å². The standard InChI is InChI=1S/C13H28N2O2/c1-4-15(9-10-16-2)13(11-14)8-6-5-7-12(13)17-3/h12H,4-11,14H2,1-3H3. The zero-order chi connectivity index (χ0) is 12.7. The molecule has 4 nitrogen and oxygen atoms in total. The molecule has 2 atom stereocenters. The molecule has 1 saturated carbocycles. The first-order valence-electron chi connectivity index (χ1n) is 6.72. The first-order valence-corrected chi connectivity index (χ1v) is 6.72. The van der Waals surface area contributed by atoms with E-state index in [1.165, 1.54) is 12.8 Å². The molecule has 0 radical (unpaired) electrons. The van der Waals surface area contributed by atoms with Crippen molar-refractivity contribution in [3.63, 3.8) is 0 Å². The lowest BCUT2D eigenvalue weighted by Crippen LogP contribution is -2.63. The van der Waals surface area contributed by atoms with Crippen LogP contribution in [-0.2, 0) is 9.47 Å². The number of likely N-dealkylation sites (N-methyl/N-ethyl adjacent to an activating group) is 1. The van der Waals surface area contributed by atoms with Crippen molar-refractivity contribution in [3.05, 3.63) is 0 Å². The van der Waals surface area contributed by atoms with Crippen molar-refractivity contribution >= 4 is 0 Å². The maximum absolute atomic E-state index is 6.09. The first-order chi connectivity index (χ1) is 8.25. The summed E-state index contributed by atoms with van der Waals surface area (Å²) >= 11 is 0. The molecule has 2 unspecified atom stereocenters. The molecule has 0 aliphatic heterocycles. The van der Waals surface area contributed by atoms with Crippen molar-refractivity contribution in [1.29, 1.82) is 0 Å². The molecule has 0 aromatic rings. The Balaban J connectivity index is 2.80. The zero-order valence-electron chi connectivity index (χ0n) is 11.6. The Hall–Kier alpha value is -0.160. The number of hydrogen-bond donors (Lipinski definition) is 1. The first kappa shape index (κ1) is 14.9. The maximum atomic E-state index is 6.09. The van der Waals surface area contributed by atoms with E-state index in [0.29, 0.717) is 6.54 Å². The van der Waals surface area contributed by atoms with E-state index < -0.39 is 0 Å². The van der Waals surface area contributed by atoms with Crippen LogP contribution in [0.4, 0.5) is 0 Å². The largest absolute Gasteiger partial charge is 0.383 e. The lowest BCUT2D eigenvalue weighted by molar-refractivity contribution is -0.0787. The summed E-state index contributed by atoms with van der Waals surface area (Å²) < 4.78 is 10.9. The van der Waals surface area contributed by atoms with Gasteiger partial charge in [0.05, 0.1) is 18.2 Å². The minimum Gasteiger partial charge on any atom is -0.383 e. The number of ether oxygens (including phenoxy) is 2. The normalized spacial score (nSPS) is 29.8. The van der Waals surface area contributed by atoms with Crippen LogP contribution in [0.3, 0.4) is 0 Å². The van der Waals surface area contributed by atoms with Gasteiger partial charge in [0.2, 0.25) is 0 Å². The fourth-order valence-electron chi connectivity index (χ4n) is 3.15. The smallest absolute Gasteiger partial charge is 0.0767 e. The van der Waals surface area contributed by atoms with Gasteiger partial charge >= 0.3 is 0 Å². The third-order valence-corrected chi connectivity index (χ3v) is 4.14. The van der Waals surface area contributed by atoms with Gasteiger partial charge < -0.3 is 15.2 Å². The van der Waals surface area contributed by atoms with Gasteiger partial charge in [0.1, 0.15) is 0 Å². The van der Waals surface area contributed by atoms with Gasteiger partial charge in [-0.15, -0.1) is 0 Å². The van der Waals surface area contributed by atoms with Crippen LogP contribution < -0.4 is 5.73 Å². The molecule has 1 fully saturated rings. The molecule has 0 spiro atoms. The highest BCUT2D eigenvalue weighted by atomic mass is 16.5. The van der Waals surface area contributed by atoms with E-state index in [4.69, 9.17) is 15.2 Å². The van der Waals surface area contributed by atoms with Crippen LogP contribution in [0.15, 0.2) is 0 Å². The second-order valence-electron chi connectivity index (χ2n) is 4.85. The van der Waals surface area contributed by atoms with E-state index in [2.05, 4.69) is 11.8 Å². The van der Waals surface area contributed by atoms with Gasteiger partial charge in [-0.2, -0.15) is 0 Å². The van der Waals surface area contributed by atoms with Gasteiger partial charge in [-0.3, -0.25) is 4.90 Å². The summed E-state index contributed by atoms with van der Waals surface area (Å²) in [4.78, 5) is 2.45. The third-order valence-electron chi connectivity index (χ3n) is 4.14. The topological polar surface area (TPSA) is 47.7 Å². The van der Waals surface area contributed by atoms with Crippen LogP contribution in [0.1, 0.15) is 32.6 Å². The van der Waals surface area contributed by atoms with Crippen LogP contribution in [0.2, 0.25) is 0 Å². The van der Waals surface area contributed by atoms with Crippen LogP contribution >= 0.6 is 0 Å². The van der Waals surface area contributed by atoms with E-state index in [1.807, 2.05) is 7.11 Å². The third kappa shape index (κ3) is 3.19.